The molecule has 0 bridgehead atoms. The topological polar surface area (TPSA) is 58.2 Å². The van der Waals surface area contributed by atoms with E-state index in [-0.39, 0.29) is 16.3 Å². The highest BCUT2D eigenvalue weighted by Gasteiger charge is 2.34. The monoisotopic (exact) mass is 454 g/mol. The van der Waals surface area contributed by atoms with Gasteiger partial charge >= 0.3 is 6.18 Å². The summed E-state index contributed by atoms with van der Waals surface area (Å²) in [6.07, 6.45) is -4.90. The molecule has 0 atom stereocenters. The number of hydrogen-bond acceptors (Lipinski definition) is 2. The molecule has 2 N–H and O–H groups in total. The highest BCUT2D eigenvalue weighted by Crippen LogP contribution is 2.37. The van der Waals surface area contributed by atoms with Gasteiger partial charge in [-0.1, -0.05) is 11.6 Å². The van der Waals surface area contributed by atoms with E-state index in [2.05, 4.69) is 5.32 Å². The largest absolute Gasteiger partial charge is 0.418 e. The SMILES string of the molecule is O=C(Nc1ccc(NC(=O)c2cc(Cl)ccc2F)c(C(F)(F)F)c1)c1ccc(F)cc1. The van der Waals surface area contributed by atoms with Crippen LogP contribution in [0.25, 0.3) is 0 Å². The first kappa shape index (κ1) is 22.2. The number of rotatable bonds is 4. The van der Waals surface area contributed by atoms with Crippen LogP contribution in [0.3, 0.4) is 0 Å². The van der Waals surface area contributed by atoms with Crippen LogP contribution in [0.15, 0.2) is 60.7 Å². The predicted octanol–water partition coefficient (Wildman–Crippen LogP) is 6.14. The Morgan fingerprint density at radius 3 is 2.13 bits per heavy atom. The first-order valence-corrected chi connectivity index (χ1v) is 8.97. The summed E-state index contributed by atoms with van der Waals surface area (Å²) < 4.78 is 67.4. The zero-order valence-corrected chi connectivity index (χ0v) is 16.1. The van der Waals surface area contributed by atoms with Crippen LogP contribution in [-0.4, -0.2) is 11.8 Å². The molecule has 0 radical (unpaired) electrons. The molecule has 4 nitrogen and oxygen atoms in total. The van der Waals surface area contributed by atoms with E-state index in [1.165, 1.54) is 18.2 Å². The second kappa shape index (κ2) is 8.73. The molecule has 0 unspecified atom stereocenters. The third-order valence-corrected chi connectivity index (χ3v) is 4.35. The van der Waals surface area contributed by atoms with Gasteiger partial charge in [0.2, 0.25) is 0 Å². The molecule has 0 fully saturated rings. The van der Waals surface area contributed by atoms with E-state index in [0.29, 0.717) is 6.07 Å². The fourth-order valence-corrected chi connectivity index (χ4v) is 2.80. The summed E-state index contributed by atoms with van der Waals surface area (Å²) in [6.45, 7) is 0. The summed E-state index contributed by atoms with van der Waals surface area (Å²) in [7, 11) is 0. The number of anilines is 2. The van der Waals surface area contributed by atoms with Gasteiger partial charge in [0.25, 0.3) is 11.8 Å². The average molecular weight is 455 g/mol. The van der Waals surface area contributed by atoms with Crippen LogP contribution in [0.2, 0.25) is 5.02 Å². The third kappa shape index (κ3) is 5.37. The van der Waals surface area contributed by atoms with Crippen LogP contribution in [0, 0.1) is 11.6 Å². The van der Waals surface area contributed by atoms with Crippen molar-refractivity contribution in [1.29, 1.82) is 0 Å². The summed E-state index contributed by atoms with van der Waals surface area (Å²) in [5, 5.41) is 4.30. The van der Waals surface area contributed by atoms with Crippen LogP contribution in [0.5, 0.6) is 0 Å². The van der Waals surface area contributed by atoms with Gasteiger partial charge in [-0.15, -0.1) is 0 Å². The fourth-order valence-electron chi connectivity index (χ4n) is 2.63. The van der Waals surface area contributed by atoms with Crippen molar-refractivity contribution in [3.8, 4) is 0 Å². The van der Waals surface area contributed by atoms with E-state index in [0.717, 1.165) is 36.4 Å². The standard InChI is InChI=1S/C21H12ClF5N2O2/c22-12-3-7-17(24)15(9-12)20(31)29-18-8-6-14(10-16(18)21(25,26)27)28-19(30)11-1-4-13(23)5-2-11/h1-10H,(H,28,30)(H,29,31). The number of nitrogens with one attached hydrogen (secondary N) is 2. The first-order chi connectivity index (χ1) is 14.5. The second-order valence-corrected chi connectivity index (χ2v) is 6.73. The molecular formula is C21H12ClF5N2O2. The van der Waals surface area contributed by atoms with Crippen molar-refractivity contribution in [3.05, 3.63) is 94.0 Å². The summed E-state index contributed by atoms with van der Waals surface area (Å²) in [5.41, 5.74) is -2.62. The normalized spacial score (nSPS) is 11.2. The summed E-state index contributed by atoms with van der Waals surface area (Å²) in [4.78, 5) is 24.4. The Morgan fingerprint density at radius 1 is 0.806 bits per heavy atom. The minimum absolute atomic E-state index is 0.0291. The van der Waals surface area contributed by atoms with Gasteiger partial charge in [-0.25, -0.2) is 8.78 Å². The third-order valence-electron chi connectivity index (χ3n) is 4.11. The van der Waals surface area contributed by atoms with Gasteiger partial charge in [0.15, 0.2) is 0 Å². The molecule has 3 aromatic carbocycles. The number of hydrogen-bond donors (Lipinski definition) is 2. The Labute approximate surface area is 177 Å². The van der Waals surface area contributed by atoms with Gasteiger partial charge in [0, 0.05) is 16.3 Å². The zero-order valence-electron chi connectivity index (χ0n) is 15.4. The molecule has 31 heavy (non-hydrogen) atoms. The Bertz CT molecular complexity index is 1150. The predicted molar refractivity (Wildman–Crippen MR) is 105 cm³/mol. The molecule has 2 amide bonds. The maximum Gasteiger partial charge on any atom is 0.418 e. The molecule has 3 aromatic rings. The van der Waals surface area contributed by atoms with Gasteiger partial charge in [-0.05, 0) is 60.7 Å². The van der Waals surface area contributed by atoms with E-state index in [4.69, 9.17) is 11.6 Å². The average Bonchev–Trinajstić information content (AvgIpc) is 2.70. The molecule has 0 spiro atoms. The van der Waals surface area contributed by atoms with Crippen molar-refractivity contribution in [1.82, 2.24) is 0 Å². The van der Waals surface area contributed by atoms with Crippen molar-refractivity contribution in [2.24, 2.45) is 0 Å². The Hall–Kier alpha value is -3.46. The minimum atomic E-state index is -4.90. The van der Waals surface area contributed by atoms with Crippen LogP contribution in [0.4, 0.5) is 33.3 Å². The molecule has 0 heterocycles. The van der Waals surface area contributed by atoms with Crippen molar-refractivity contribution < 1.29 is 31.5 Å². The lowest BCUT2D eigenvalue weighted by Gasteiger charge is -2.16. The Morgan fingerprint density at radius 2 is 1.48 bits per heavy atom. The first-order valence-electron chi connectivity index (χ1n) is 8.59. The van der Waals surface area contributed by atoms with Gasteiger partial charge in [0.1, 0.15) is 11.6 Å². The van der Waals surface area contributed by atoms with Crippen molar-refractivity contribution >= 4 is 34.8 Å². The molecule has 0 saturated carbocycles. The Kier molecular flexibility index (Phi) is 6.26. The van der Waals surface area contributed by atoms with Gasteiger partial charge in [0.05, 0.1) is 16.8 Å². The molecule has 3 rings (SSSR count). The van der Waals surface area contributed by atoms with E-state index >= 15 is 0 Å². The number of carbonyl (C=O) groups is 2. The van der Waals surface area contributed by atoms with E-state index in [1.807, 2.05) is 5.32 Å². The van der Waals surface area contributed by atoms with Crippen molar-refractivity contribution in [2.75, 3.05) is 10.6 Å². The molecule has 0 aliphatic carbocycles. The number of carbonyl (C=O) groups excluding carboxylic acids is 2. The quantitative estimate of drug-likeness (QED) is 0.465. The summed E-state index contributed by atoms with van der Waals surface area (Å²) >= 11 is 5.71. The molecule has 0 saturated heterocycles. The smallest absolute Gasteiger partial charge is 0.322 e. The van der Waals surface area contributed by atoms with Crippen LogP contribution < -0.4 is 10.6 Å². The van der Waals surface area contributed by atoms with Crippen molar-refractivity contribution in [3.63, 3.8) is 0 Å². The lowest BCUT2D eigenvalue weighted by atomic mass is 10.1. The van der Waals surface area contributed by atoms with Crippen LogP contribution in [0.1, 0.15) is 26.3 Å². The van der Waals surface area contributed by atoms with Gasteiger partial charge < -0.3 is 10.6 Å². The number of benzene rings is 3. The van der Waals surface area contributed by atoms with E-state index in [9.17, 15) is 31.5 Å². The lowest BCUT2D eigenvalue weighted by Crippen LogP contribution is -2.19. The highest BCUT2D eigenvalue weighted by atomic mass is 35.5. The molecule has 0 aromatic heterocycles. The number of alkyl halides is 3. The molecular weight excluding hydrogens is 443 g/mol. The summed E-state index contributed by atoms with van der Waals surface area (Å²) in [6, 6.07) is 10.1. The summed E-state index contributed by atoms with van der Waals surface area (Å²) in [5.74, 6) is -3.43. The molecule has 0 aliphatic heterocycles. The Balaban J connectivity index is 1.88. The van der Waals surface area contributed by atoms with E-state index in [1.54, 1.807) is 0 Å². The van der Waals surface area contributed by atoms with Gasteiger partial charge in [-0.2, -0.15) is 13.2 Å². The second-order valence-electron chi connectivity index (χ2n) is 6.30. The van der Waals surface area contributed by atoms with Crippen molar-refractivity contribution in [2.45, 2.75) is 6.18 Å². The van der Waals surface area contributed by atoms with E-state index < -0.39 is 46.4 Å². The fraction of sp³-hybridized carbons (Fsp3) is 0.0476. The zero-order chi connectivity index (χ0) is 22.8. The molecule has 0 aliphatic rings. The van der Waals surface area contributed by atoms with Crippen LogP contribution in [-0.2, 0) is 6.18 Å². The minimum Gasteiger partial charge on any atom is -0.322 e. The van der Waals surface area contributed by atoms with Gasteiger partial charge in [-0.3, -0.25) is 9.59 Å². The maximum absolute atomic E-state index is 13.8. The van der Waals surface area contributed by atoms with Crippen LogP contribution >= 0.6 is 11.6 Å². The molecule has 10 heteroatoms. The maximum atomic E-state index is 13.8. The molecule has 160 valence electrons. The number of halogens is 6. The lowest BCUT2D eigenvalue weighted by molar-refractivity contribution is -0.136. The number of amides is 2. The highest BCUT2D eigenvalue weighted by molar-refractivity contribution is 6.31.